The molecule has 0 aliphatic heterocycles. The van der Waals surface area contributed by atoms with Gasteiger partial charge in [-0.3, -0.25) is 19.4 Å². The number of unbranched alkanes of at least 4 members (excludes halogenated alkanes) is 1. The van der Waals surface area contributed by atoms with E-state index in [0.717, 1.165) is 12.8 Å². The average Bonchev–Trinajstić information content (AvgIpc) is 2.84. The first-order valence-corrected chi connectivity index (χ1v) is 10.7. The summed E-state index contributed by atoms with van der Waals surface area (Å²) < 4.78 is 5.58. The second-order valence-electron chi connectivity index (χ2n) is 7.23. The Morgan fingerprint density at radius 3 is 2.21 bits per heavy atom. The number of benzene rings is 2. The Morgan fingerprint density at radius 2 is 1.52 bits per heavy atom. The van der Waals surface area contributed by atoms with E-state index in [0.29, 0.717) is 34.9 Å². The maximum Gasteiger partial charge on any atom is 0.255 e. The second kappa shape index (κ2) is 12.0. The van der Waals surface area contributed by atoms with Crippen molar-refractivity contribution < 1.29 is 19.1 Å². The number of nitrogens with zero attached hydrogens (tertiary/aromatic N) is 1. The minimum Gasteiger partial charge on any atom is -0.494 e. The van der Waals surface area contributed by atoms with Crippen LogP contribution in [0.25, 0.3) is 0 Å². The molecule has 0 radical (unpaired) electrons. The van der Waals surface area contributed by atoms with Gasteiger partial charge in [0.15, 0.2) is 0 Å². The zero-order valence-electron chi connectivity index (χ0n) is 18.3. The van der Waals surface area contributed by atoms with Gasteiger partial charge in [0.25, 0.3) is 11.8 Å². The Kier molecular flexibility index (Phi) is 8.53. The van der Waals surface area contributed by atoms with Gasteiger partial charge in [-0.25, -0.2) is 0 Å². The lowest BCUT2D eigenvalue weighted by atomic mass is 10.2. The molecule has 0 atom stereocenters. The predicted molar refractivity (Wildman–Crippen MR) is 126 cm³/mol. The number of ether oxygens (including phenoxy) is 1. The molecule has 0 bridgehead atoms. The van der Waals surface area contributed by atoms with Crippen LogP contribution in [0, 0.1) is 0 Å². The predicted octanol–water partition coefficient (Wildman–Crippen LogP) is 3.88. The van der Waals surface area contributed by atoms with Crippen molar-refractivity contribution in [2.45, 2.75) is 19.8 Å². The standard InChI is InChI=1S/C25H26N4O4/c1-2-3-15-33-22-9-7-18(8-10-22)24(31)27-17-23(30)28-20-5-4-6-21(16-20)29-25(32)19-11-13-26-14-12-19/h4-14,16H,2-3,15,17H2,1H3,(H,27,31)(H,28,30)(H,29,32). The maximum absolute atomic E-state index is 12.3. The molecule has 8 nitrogen and oxygen atoms in total. The summed E-state index contributed by atoms with van der Waals surface area (Å²) >= 11 is 0. The van der Waals surface area contributed by atoms with Crippen LogP contribution in [0.2, 0.25) is 0 Å². The van der Waals surface area contributed by atoms with Crippen molar-refractivity contribution in [3.05, 3.63) is 84.2 Å². The molecule has 3 rings (SSSR count). The van der Waals surface area contributed by atoms with E-state index in [-0.39, 0.29) is 24.3 Å². The molecule has 0 aliphatic carbocycles. The zero-order valence-corrected chi connectivity index (χ0v) is 18.3. The Morgan fingerprint density at radius 1 is 0.848 bits per heavy atom. The molecular formula is C25H26N4O4. The van der Waals surface area contributed by atoms with Gasteiger partial charge in [0.2, 0.25) is 5.91 Å². The molecule has 8 heteroatoms. The fraction of sp³-hybridized carbons (Fsp3) is 0.200. The molecule has 1 aromatic heterocycles. The van der Waals surface area contributed by atoms with Crippen LogP contribution in [0.1, 0.15) is 40.5 Å². The number of rotatable bonds is 10. The van der Waals surface area contributed by atoms with Crippen LogP contribution in [0.15, 0.2) is 73.1 Å². The van der Waals surface area contributed by atoms with Gasteiger partial charge in [-0.05, 0) is 61.0 Å². The molecular weight excluding hydrogens is 420 g/mol. The summed E-state index contributed by atoms with van der Waals surface area (Å²) in [6.45, 7) is 2.53. The molecule has 170 valence electrons. The van der Waals surface area contributed by atoms with Crippen molar-refractivity contribution in [2.24, 2.45) is 0 Å². The van der Waals surface area contributed by atoms with E-state index in [1.54, 1.807) is 60.7 Å². The molecule has 0 fully saturated rings. The Balaban J connectivity index is 1.48. The number of anilines is 2. The summed E-state index contributed by atoms with van der Waals surface area (Å²) in [6.07, 6.45) is 5.09. The minimum atomic E-state index is -0.388. The summed E-state index contributed by atoms with van der Waals surface area (Å²) in [4.78, 5) is 40.7. The molecule has 33 heavy (non-hydrogen) atoms. The third-order valence-corrected chi connectivity index (χ3v) is 4.64. The van der Waals surface area contributed by atoms with Crippen molar-refractivity contribution in [1.29, 1.82) is 0 Å². The second-order valence-corrected chi connectivity index (χ2v) is 7.23. The lowest BCUT2D eigenvalue weighted by Gasteiger charge is -2.10. The fourth-order valence-electron chi connectivity index (χ4n) is 2.89. The summed E-state index contributed by atoms with van der Waals surface area (Å²) in [5.41, 5.74) is 1.93. The average molecular weight is 447 g/mol. The van der Waals surface area contributed by atoms with Crippen molar-refractivity contribution in [3.8, 4) is 5.75 Å². The molecule has 0 aliphatic rings. The van der Waals surface area contributed by atoms with Crippen LogP contribution >= 0.6 is 0 Å². The van der Waals surface area contributed by atoms with Crippen molar-refractivity contribution >= 4 is 29.1 Å². The van der Waals surface area contributed by atoms with Crippen LogP contribution in [-0.2, 0) is 4.79 Å². The molecule has 3 N–H and O–H groups in total. The largest absolute Gasteiger partial charge is 0.494 e. The van der Waals surface area contributed by atoms with E-state index in [1.807, 2.05) is 0 Å². The van der Waals surface area contributed by atoms with Gasteiger partial charge in [0.1, 0.15) is 5.75 Å². The number of amides is 3. The topological polar surface area (TPSA) is 109 Å². The van der Waals surface area contributed by atoms with Gasteiger partial charge >= 0.3 is 0 Å². The number of carbonyl (C=O) groups is 3. The Labute approximate surface area is 192 Å². The highest BCUT2D eigenvalue weighted by Crippen LogP contribution is 2.16. The molecule has 0 spiro atoms. The number of hydrogen-bond acceptors (Lipinski definition) is 5. The molecule has 0 saturated carbocycles. The summed E-state index contributed by atoms with van der Waals surface area (Å²) in [6, 6.07) is 16.7. The van der Waals surface area contributed by atoms with E-state index in [9.17, 15) is 14.4 Å². The normalized spacial score (nSPS) is 10.2. The first-order chi connectivity index (χ1) is 16.0. The number of hydrogen-bond donors (Lipinski definition) is 3. The molecule has 0 unspecified atom stereocenters. The van der Waals surface area contributed by atoms with Crippen molar-refractivity contribution in [1.82, 2.24) is 10.3 Å². The van der Waals surface area contributed by atoms with Gasteiger partial charge in [0, 0.05) is 34.9 Å². The maximum atomic E-state index is 12.3. The van der Waals surface area contributed by atoms with E-state index < -0.39 is 0 Å². The van der Waals surface area contributed by atoms with Gasteiger partial charge in [-0.1, -0.05) is 19.4 Å². The number of carbonyl (C=O) groups excluding carboxylic acids is 3. The first kappa shape index (κ1) is 23.5. The first-order valence-electron chi connectivity index (χ1n) is 10.7. The van der Waals surface area contributed by atoms with Gasteiger partial charge in [0.05, 0.1) is 13.2 Å². The highest BCUT2D eigenvalue weighted by Gasteiger charge is 2.10. The third-order valence-electron chi connectivity index (χ3n) is 4.64. The molecule has 1 heterocycles. The summed E-state index contributed by atoms with van der Waals surface area (Å²) in [5, 5.41) is 8.06. The van der Waals surface area contributed by atoms with Gasteiger partial charge in [-0.15, -0.1) is 0 Å². The van der Waals surface area contributed by atoms with Crippen LogP contribution in [0.4, 0.5) is 11.4 Å². The number of aromatic nitrogens is 1. The number of nitrogens with one attached hydrogen (secondary N) is 3. The van der Waals surface area contributed by atoms with Gasteiger partial charge < -0.3 is 20.7 Å². The van der Waals surface area contributed by atoms with Gasteiger partial charge in [-0.2, -0.15) is 0 Å². The number of pyridine rings is 1. The summed E-state index contributed by atoms with van der Waals surface area (Å²) in [7, 11) is 0. The molecule has 2 aromatic carbocycles. The zero-order chi connectivity index (χ0) is 23.5. The monoisotopic (exact) mass is 446 g/mol. The van der Waals surface area contributed by atoms with Crippen molar-refractivity contribution in [3.63, 3.8) is 0 Å². The molecule has 3 aromatic rings. The van der Waals surface area contributed by atoms with E-state index >= 15 is 0 Å². The van der Waals surface area contributed by atoms with Crippen molar-refractivity contribution in [2.75, 3.05) is 23.8 Å². The van der Waals surface area contributed by atoms with Crippen LogP contribution < -0.4 is 20.7 Å². The lowest BCUT2D eigenvalue weighted by Crippen LogP contribution is -2.32. The van der Waals surface area contributed by atoms with Crippen LogP contribution in [0.5, 0.6) is 5.75 Å². The third kappa shape index (κ3) is 7.46. The Hall–Kier alpha value is -4.20. The van der Waals surface area contributed by atoms with E-state index in [1.165, 1.54) is 12.4 Å². The highest BCUT2D eigenvalue weighted by atomic mass is 16.5. The lowest BCUT2D eigenvalue weighted by molar-refractivity contribution is -0.115. The van der Waals surface area contributed by atoms with E-state index in [4.69, 9.17) is 4.74 Å². The quantitative estimate of drug-likeness (QED) is 0.410. The molecule has 3 amide bonds. The minimum absolute atomic E-state index is 0.193. The van der Waals surface area contributed by atoms with Crippen LogP contribution in [0.3, 0.4) is 0 Å². The highest BCUT2D eigenvalue weighted by molar-refractivity contribution is 6.04. The fourth-order valence-corrected chi connectivity index (χ4v) is 2.89. The SMILES string of the molecule is CCCCOc1ccc(C(=O)NCC(=O)Nc2cccc(NC(=O)c3ccncc3)c2)cc1. The smallest absolute Gasteiger partial charge is 0.255 e. The van der Waals surface area contributed by atoms with E-state index in [2.05, 4.69) is 27.9 Å². The Bertz CT molecular complexity index is 1090. The summed E-state index contributed by atoms with van der Waals surface area (Å²) in [5.74, 6) is -0.326. The molecule has 0 saturated heterocycles. The van der Waals surface area contributed by atoms with Crippen LogP contribution in [-0.4, -0.2) is 35.9 Å².